The van der Waals surface area contributed by atoms with Gasteiger partial charge in [0.05, 0.1) is 6.10 Å². The zero-order chi connectivity index (χ0) is 18.3. The Morgan fingerprint density at radius 2 is 2.00 bits per heavy atom. The number of ether oxygens (including phenoxy) is 1. The fourth-order valence-corrected chi connectivity index (χ4v) is 2.11. The van der Waals surface area contributed by atoms with Gasteiger partial charge >= 0.3 is 6.09 Å². The van der Waals surface area contributed by atoms with Crippen LogP contribution >= 0.6 is 0 Å². The van der Waals surface area contributed by atoms with Crippen LogP contribution in [0.5, 0.6) is 0 Å². The van der Waals surface area contributed by atoms with Crippen LogP contribution in [0.3, 0.4) is 0 Å². The van der Waals surface area contributed by atoms with Gasteiger partial charge in [-0.15, -0.1) is 0 Å². The summed E-state index contributed by atoms with van der Waals surface area (Å²) in [6.07, 6.45) is -2.95. The highest BCUT2D eigenvalue weighted by molar-refractivity contribution is 5.67. The number of aryl methyl sites for hydroxylation is 1. The van der Waals surface area contributed by atoms with E-state index in [2.05, 4.69) is 5.32 Å². The Labute approximate surface area is 141 Å². The van der Waals surface area contributed by atoms with Crippen molar-refractivity contribution in [3.05, 3.63) is 34.9 Å². The van der Waals surface area contributed by atoms with E-state index < -0.39 is 24.2 Å². The molecule has 0 heterocycles. The zero-order valence-corrected chi connectivity index (χ0v) is 14.3. The number of hydrogen-bond acceptors (Lipinski definition) is 4. The number of alkyl carbamates (subject to hydrolysis) is 1. The van der Waals surface area contributed by atoms with Crippen molar-refractivity contribution < 1.29 is 23.4 Å². The molecule has 7 heteroatoms. The topological polar surface area (TPSA) is 84.6 Å². The van der Waals surface area contributed by atoms with Crippen LogP contribution in [0.4, 0.5) is 13.6 Å². The van der Waals surface area contributed by atoms with Gasteiger partial charge in [0.2, 0.25) is 0 Å². The lowest BCUT2D eigenvalue weighted by atomic mass is 9.98. The van der Waals surface area contributed by atoms with Gasteiger partial charge in [0.25, 0.3) is 6.43 Å². The third kappa shape index (κ3) is 7.23. The molecule has 0 spiro atoms. The largest absolute Gasteiger partial charge is 0.444 e. The zero-order valence-electron chi connectivity index (χ0n) is 14.3. The van der Waals surface area contributed by atoms with Crippen LogP contribution in [0.1, 0.15) is 50.3 Å². The van der Waals surface area contributed by atoms with E-state index in [1.165, 1.54) is 12.1 Å². The summed E-state index contributed by atoms with van der Waals surface area (Å²) in [5, 5.41) is 12.1. The van der Waals surface area contributed by atoms with Crippen molar-refractivity contribution in [3.63, 3.8) is 0 Å². The predicted molar refractivity (Wildman–Crippen MR) is 87.9 cm³/mol. The van der Waals surface area contributed by atoms with Crippen LogP contribution in [0, 0.1) is 0 Å². The number of halogens is 2. The lowest BCUT2D eigenvalue weighted by Gasteiger charge is -2.20. The summed E-state index contributed by atoms with van der Waals surface area (Å²) in [6.45, 7) is 5.43. The molecule has 0 aromatic heterocycles. The minimum absolute atomic E-state index is 0.0729. The Balaban J connectivity index is 2.83. The monoisotopic (exact) mass is 344 g/mol. The molecule has 1 atom stereocenters. The Bertz CT molecular complexity index is 545. The van der Waals surface area contributed by atoms with Gasteiger partial charge in [0.15, 0.2) is 0 Å². The minimum atomic E-state index is -2.59. The Hall–Kier alpha value is -1.73. The molecular weight excluding hydrogens is 318 g/mol. The third-order valence-electron chi connectivity index (χ3n) is 3.32. The van der Waals surface area contributed by atoms with E-state index in [0.29, 0.717) is 18.4 Å². The van der Waals surface area contributed by atoms with Gasteiger partial charge in [0, 0.05) is 18.7 Å². The number of benzene rings is 1. The van der Waals surface area contributed by atoms with Crippen molar-refractivity contribution in [2.45, 2.75) is 58.3 Å². The average Bonchev–Trinajstić information content (AvgIpc) is 2.49. The lowest BCUT2D eigenvalue weighted by Crippen LogP contribution is -2.32. The number of carbonyl (C=O) groups is 1. The highest BCUT2D eigenvalue weighted by Gasteiger charge is 2.17. The van der Waals surface area contributed by atoms with E-state index in [0.717, 1.165) is 5.56 Å². The average molecular weight is 344 g/mol. The molecule has 1 amide bonds. The molecule has 1 aromatic carbocycles. The first-order valence-electron chi connectivity index (χ1n) is 7.87. The normalized spacial score (nSPS) is 13.0. The van der Waals surface area contributed by atoms with Crippen molar-refractivity contribution in [2.24, 2.45) is 5.73 Å². The molecule has 1 aromatic rings. The number of rotatable bonds is 7. The van der Waals surface area contributed by atoms with Gasteiger partial charge in [-0.1, -0.05) is 12.1 Å². The smallest absolute Gasteiger partial charge is 0.407 e. The van der Waals surface area contributed by atoms with E-state index in [-0.39, 0.29) is 18.7 Å². The maximum atomic E-state index is 12.9. The molecule has 24 heavy (non-hydrogen) atoms. The number of amides is 1. The summed E-state index contributed by atoms with van der Waals surface area (Å²) in [5.41, 5.74) is 5.98. The molecule has 5 nitrogen and oxygen atoms in total. The van der Waals surface area contributed by atoms with Gasteiger partial charge in [0.1, 0.15) is 5.60 Å². The summed E-state index contributed by atoms with van der Waals surface area (Å²) in [6, 6.07) is 4.31. The second-order valence-electron chi connectivity index (χ2n) is 6.61. The van der Waals surface area contributed by atoms with E-state index in [9.17, 15) is 18.7 Å². The molecule has 0 saturated carbocycles. The number of carbonyl (C=O) groups excluding carboxylic acids is 1. The molecule has 4 N–H and O–H groups in total. The van der Waals surface area contributed by atoms with Crippen LogP contribution in [0.15, 0.2) is 18.2 Å². The first kappa shape index (κ1) is 20.3. The fourth-order valence-electron chi connectivity index (χ4n) is 2.11. The summed E-state index contributed by atoms with van der Waals surface area (Å²) >= 11 is 0. The molecular formula is C17H26F2N2O3. The Morgan fingerprint density at radius 1 is 1.33 bits per heavy atom. The van der Waals surface area contributed by atoms with Crippen molar-refractivity contribution in [1.82, 2.24) is 5.32 Å². The van der Waals surface area contributed by atoms with E-state index >= 15 is 0 Å². The lowest BCUT2D eigenvalue weighted by molar-refractivity contribution is 0.0523. The van der Waals surface area contributed by atoms with Gasteiger partial charge in [-0.25, -0.2) is 13.6 Å². The van der Waals surface area contributed by atoms with E-state index in [1.54, 1.807) is 26.8 Å². The number of nitrogens with two attached hydrogens (primary N) is 1. The number of alkyl halides is 2. The van der Waals surface area contributed by atoms with Crippen molar-refractivity contribution in [2.75, 3.05) is 6.54 Å². The molecule has 0 saturated heterocycles. The minimum Gasteiger partial charge on any atom is -0.444 e. The molecule has 0 aliphatic rings. The second-order valence-corrected chi connectivity index (χ2v) is 6.61. The van der Waals surface area contributed by atoms with Gasteiger partial charge in [-0.2, -0.15) is 0 Å². The first-order valence-corrected chi connectivity index (χ1v) is 7.87. The Morgan fingerprint density at radius 3 is 2.54 bits per heavy atom. The highest BCUT2D eigenvalue weighted by atomic mass is 19.3. The highest BCUT2D eigenvalue weighted by Crippen LogP contribution is 2.23. The second kappa shape index (κ2) is 8.94. The molecule has 0 bridgehead atoms. The molecule has 0 radical (unpaired) electrons. The van der Waals surface area contributed by atoms with Crippen molar-refractivity contribution in [3.8, 4) is 0 Å². The summed E-state index contributed by atoms with van der Waals surface area (Å²) in [7, 11) is 0. The number of hydrogen-bond donors (Lipinski definition) is 3. The van der Waals surface area contributed by atoms with E-state index in [4.69, 9.17) is 10.5 Å². The molecule has 0 aliphatic heterocycles. The summed E-state index contributed by atoms with van der Waals surface area (Å²) < 4.78 is 30.9. The molecule has 136 valence electrons. The molecule has 0 fully saturated rings. The van der Waals surface area contributed by atoms with Crippen LogP contribution < -0.4 is 11.1 Å². The van der Waals surface area contributed by atoms with E-state index in [1.807, 2.05) is 0 Å². The van der Waals surface area contributed by atoms with Crippen LogP contribution in [-0.4, -0.2) is 29.4 Å². The van der Waals surface area contributed by atoms with Crippen LogP contribution in [0.2, 0.25) is 0 Å². The SMILES string of the molecule is CC(C)(C)OC(=O)NCc1cc(C(F)F)ccc1CC[C@H](O)CN. The van der Waals surface area contributed by atoms with Crippen LogP contribution in [-0.2, 0) is 17.7 Å². The van der Waals surface area contributed by atoms with Gasteiger partial charge in [-0.3, -0.25) is 0 Å². The fraction of sp³-hybridized carbons (Fsp3) is 0.588. The maximum absolute atomic E-state index is 12.9. The van der Waals surface area contributed by atoms with Crippen molar-refractivity contribution in [1.29, 1.82) is 0 Å². The number of nitrogens with one attached hydrogen (secondary N) is 1. The summed E-state index contributed by atoms with van der Waals surface area (Å²) in [4.78, 5) is 11.7. The molecule has 0 unspecified atom stereocenters. The quantitative estimate of drug-likeness (QED) is 0.710. The Kier molecular flexibility index (Phi) is 7.57. The molecule has 1 rings (SSSR count). The van der Waals surface area contributed by atoms with Crippen molar-refractivity contribution >= 4 is 6.09 Å². The third-order valence-corrected chi connectivity index (χ3v) is 3.32. The number of aliphatic hydroxyl groups is 1. The predicted octanol–water partition coefficient (Wildman–Crippen LogP) is 2.90. The van der Waals surface area contributed by atoms with Gasteiger partial charge in [-0.05, 0) is 50.8 Å². The first-order chi connectivity index (χ1) is 11.1. The maximum Gasteiger partial charge on any atom is 0.407 e. The summed E-state index contributed by atoms with van der Waals surface area (Å²) in [5.74, 6) is 0. The number of aliphatic hydroxyl groups excluding tert-OH is 1. The molecule has 0 aliphatic carbocycles. The van der Waals surface area contributed by atoms with Gasteiger partial charge < -0.3 is 20.9 Å². The van der Waals surface area contributed by atoms with Crippen LogP contribution in [0.25, 0.3) is 0 Å². The standard InChI is InChI=1S/C17H26F2N2O3/c1-17(2,3)24-16(23)21-10-13-8-12(15(18)19)5-4-11(13)6-7-14(22)9-20/h4-5,8,14-15,22H,6-7,9-10,20H2,1-3H3,(H,21,23)/t14-/m0/s1.